The Hall–Kier alpha value is -3.42. The minimum absolute atomic E-state index is 0.0595. The number of carbonyl (C=O) groups is 1. The molecular formula is C22H19F3N4O. The van der Waals surface area contributed by atoms with Crippen molar-refractivity contribution >= 4 is 17.4 Å². The van der Waals surface area contributed by atoms with Crippen molar-refractivity contribution in [2.45, 2.75) is 18.4 Å². The minimum Gasteiger partial charge on any atom is -0.372 e. The van der Waals surface area contributed by atoms with Gasteiger partial charge in [0.15, 0.2) is 0 Å². The van der Waals surface area contributed by atoms with Gasteiger partial charge in [-0.25, -0.2) is 18.0 Å². The summed E-state index contributed by atoms with van der Waals surface area (Å²) in [7, 11) is 0. The maximum absolute atomic E-state index is 13.9. The summed E-state index contributed by atoms with van der Waals surface area (Å²) in [5.74, 6) is -1.83. The summed E-state index contributed by atoms with van der Waals surface area (Å²) in [6.45, 7) is 0.856. The van der Waals surface area contributed by atoms with E-state index < -0.39 is 23.2 Å². The Bertz CT molecular complexity index is 1140. The van der Waals surface area contributed by atoms with Crippen LogP contribution >= 0.6 is 0 Å². The van der Waals surface area contributed by atoms with Gasteiger partial charge in [0, 0.05) is 31.0 Å². The molecule has 0 unspecified atom stereocenters. The number of benzene rings is 2. The van der Waals surface area contributed by atoms with Gasteiger partial charge in [-0.2, -0.15) is 0 Å². The lowest BCUT2D eigenvalue weighted by molar-refractivity contribution is 0.174. The normalized spacial score (nSPS) is 16.6. The molecule has 2 aromatic carbocycles. The number of halogens is 3. The van der Waals surface area contributed by atoms with Gasteiger partial charge in [-0.05, 0) is 55.3 Å². The van der Waals surface area contributed by atoms with Gasteiger partial charge in [0.25, 0.3) is 0 Å². The van der Waals surface area contributed by atoms with E-state index in [1.165, 1.54) is 18.2 Å². The molecule has 0 radical (unpaired) electrons. The molecule has 1 spiro atoms. The molecule has 8 heteroatoms. The number of fused-ring (bicyclic) bond motifs is 4. The van der Waals surface area contributed by atoms with Gasteiger partial charge in [0.1, 0.15) is 17.5 Å². The van der Waals surface area contributed by atoms with Crippen LogP contribution in [0.2, 0.25) is 0 Å². The molecule has 5 rings (SSSR count). The van der Waals surface area contributed by atoms with Crippen molar-refractivity contribution in [2.24, 2.45) is 0 Å². The molecule has 30 heavy (non-hydrogen) atoms. The summed E-state index contributed by atoms with van der Waals surface area (Å²) in [5.41, 5.74) is 2.17. The molecule has 1 saturated heterocycles. The van der Waals surface area contributed by atoms with Crippen molar-refractivity contribution in [1.82, 2.24) is 9.47 Å². The third kappa shape index (κ3) is 2.99. The van der Waals surface area contributed by atoms with E-state index in [0.29, 0.717) is 31.6 Å². The highest BCUT2D eigenvalue weighted by Crippen LogP contribution is 2.43. The number of piperidine rings is 1. The molecule has 5 nitrogen and oxygen atoms in total. The van der Waals surface area contributed by atoms with Crippen LogP contribution in [0.4, 0.5) is 29.3 Å². The highest BCUT2D eigenvalue weighted by molar-refractivity contribution is 5.89. The van der Waals surface area contributed by atoms with E-state index in [1.54, 1.807) is 11.0 Å². The minimum atomic E-state index is -0.817. The lowest BCUT2D eigenvalue weighted by Gasteiger charge is -2.46. The second kappa shape index (κ2) is 6.83. The Morgan fingerprint density at radius 2 is 1.73 bits per heavy atom. The van der Waals surface area contributed by atoms with Gasteiger partial charge in [-0.3, -0.25) is 0 Å². The number of hydrogen-bond donors (Lipinski definition) is 2. The van der Waals surface area contributed by atoms with Crippen LogP contribution in [0, 0.1) is 17.5 Å². The molecule has 1 fully saturated rings. The fourth-order valence-electron chi connectivity index (χ4n) is 4.38. The van der Waals surface area contributed by atoms with E-state index in [-0.39, 0.29) is 11.5 Å². The number of amides is 2. The highest BCUT2D eigenvalue weighted by Gasteiger charge is 2.42. The first-order chi connectivity index (χ1) is 14.4. The first kappa shape index (κ1) is 18.6. The van der Waals surface area contributed by atoms with E-state index in [4.69, 9.17) is 0 Å². The van der Waals surface area contributed by atoms with Crippen LogP contribution in [-0.2, 0) is 5.54 Å². The van der Waals surface area contributed by atoms with Gasteiger partial charge in [0.05, 0.1) is 22.6 Å². The topological polar surface area (TPSA) is 49.3 Å². The molecular weight excluding hydrogens is 393 g/mol. The summed E-state index contributed by atoms with van der Waals surface area (Å²) in [6, 6.07) is 11.2. The molecule has 1 aromatic heterocycles. The first-order valence-electron chi connectivity index (χ1n) is 9.72. The molecule has 2 amide bonds. The quantitative estimate of drug-likeness (QED) is 0.601. The third-order valence-corrected chi connectivity index (χ3v) is 5.91. The van der Waals surface area contributed by atoms with Crippen LogP contribution in [0.25, 0.3) is 5.69 Å². The summed E-state index contributed by atoms with van der Waals surface area (Å²) in [5, 5.41) is 6.00. The van der Waals surface area contributed by atoms with Crippen molar-refractivity contribution in [3.8, 4) is 5.69 Å². The number of nitrogens with zero attached hydrogens (tertiary/aromatic N) is 2. The van der Waals surface area contributed by atoms with Gasteiger partial charge >= 0.3 is 6.03 Å². The van der Waals surface area contributed by atoms with Crippen molar-refractivity contribution in [1.29, 1.82) is 0 Å². The Balaban J connectivity index is 1.35. The second-order valence-electron chi connectivity index (χ2n) is 7.67. The van der Waals surface area contributed by atoms with Crippen LogP contribution in [-0.4, -0.2) is 28.6 Å². The van der Waals surface area contributed by atoms with Crippen LogP contribution in [0.1, 0.15) is 18.5 Å². The van der Waals surface area contributed by atoms with E-state index in [0.717, 1.165) is 23.5 Å². The average Bonchev–Trinajstić information content (AvgIpc) is 3.22. The highest BCUT2D eigenvalue weighted by atomic mass is 19.1. The van der Waals surface area contributed by atoms with Gasteiger partial charge in [0.2, 0.25) is 0 Å². The van der Waals surface area contributed by atoms with Crippen LogP contribution in [0.3, 0.4) is 0 Å². The van der Waals surface area contributed by atoms with E-state index in [2.05, 4.69) is 15.2 Å². The molecule has 3 aromatic rings. The number of anilines is 2. The number of nitrogens with one attached hydrogen (secondary N) is 2. The Kier molecular flexibility index (Phi) is 4.23. The standard InChI is InChI=1S/C22H19F3N4O/c23-14-3-5-17(16(25)12-14)26-21(30)28-10-7-22(8-11-28)20-2-1-9-29(20)19-6-4-15(24)13-18(19)27-22/h1-6,9,12-13,27H,7-8,10-11H2,(H,26,30). The number of rotatable bonds is 1. The van der Waals surface area contributed by atoms with E-state index >= 15 is 0 Å². The molecule has 2 N–H and O–H groups in total. The molecule has 0 bridgehead atoms. The predicted molar refractivity (Wildman–Crippen MR) is 107 cm³/mol. The Morgan fingerprint density at radius 3 is 2.50 bits per heavy atom. The van der Waals surface area contributed by atoms with Gasteiger partial charge in [-0.1, -0.05) is 0 Å². The summed E-state index contributed by atoms with van der Waals surface area (Å²) >= 11 is 0. The van der Waals surface area contributed by atoms with Crippen LogP contribution in [0.5, 0.6) is 0 Å². The summed E-state index contributed by atoms with van der Waals surface area (Å²) in [6.07, 6.45) is 3.16. The third-order valence-electron chi connectivity index (χ3n) is 5.91. The number of urea groups is 1. The number of aromatic nitrogens is 1. The number of carbonyl (C=O) groups excluding carboxylic acids is 1. The molecule has 3 heterocycles. The van der Waals surface area contributed by atoms with Gasteiger partial charge < -0.3 is 20.1 Å². The van der Waals surface area contributed by atoms with E-state index in [9.17, 15) is 18.0 Å². The largest absolute Gasteiger partial charge is 0.372 e. The lowest BCUT2D eigenvalue weighted by Crippen LogP contribution is -2.51. The zero-order valence-electron chi connectivity index (χ0n) is 16.0. The molecule has 2 aliphatic heterocycles. The van der Waals surface area contributed by atoms with Crippen LogP contribution < -0.4 is 10.6 Å². The molecule has 0 saturated carbocycles. The summed E-state index contributed by atoms with van der Waals surface area (Å²) in [4.78, 5) is 14.2. The van der Waals surface area contributed by atoms with Crippen molar-refractivity contribution in [2.75, 3.05) is 23.7 Å². The fraction of sp³-hybridized carbons (Fsp3) is 0.227. The average molecular weight is 412 g/mol. The second-order valence-corrected chi connectivity index (χ2v) is 7.67. The number of hydrogen-bond acceptors (Lipinski definition) is 2. The molecule has 0 aliphatic carbocycles. The summed E-state index contributed by atoms with van der Waals surface area (Å²) < 4.78 is 42.8. The molecule has 2 aliphatic rings. The zero-order valence-corrected chi connectivity index (χ0v) is 16.0. The predicted octanol–water partition coefficient (Wildman–Crippen LogP) is 4.84. The lowest BCUT2D eigenvalue weighted by atomic mass is 9.82. The van der Waals surface area contributed by atoms with E-state index in [1.807, 2.05) is 18.3 Å². The Morgan fingerprint density at radius 1 is 1.00 bits per heavy atom. The monoisotopic (exact) mass is 412 g/mol. The van der Waals surface area contributed by atoms with Crippen LogP contribution in [0.15, 0.2) is 54.7 Å². The van der Waals surface area contributed by atoms with Crippen molar-refractivity contribution in [3.63, 3.8) is 0 Å². The maximum Gasteiger partial charge on any atom is 0.321 e. The fourth-order valence-corrected chi connectivity index (χ4v) is 4.38. The molecule has 0 atom stereocenters. The zero-order chi connectivity index (χ0) is 20.9. The number of likely N-dealkylation sites (tertiary alicyclic amines) is 1. The van der Waals surface area contributed by atoms with Crippen molar-refractivity contribution < 1.29 is 18.0 Å². The Labute approximate surface area is 171 Å². The van der Waals surface area contributed by atoms with Gasteiger partial charge in [-0.15, -0.1) is 0 Å². The maximum atomic E-state index is 13.9. The SMILES string of the molecule is O=C(Nc1ccc(F)cc1F)N1CCC2(CC1)Nc1cc(F)ccc1-n1cccc12. The van der Waals surface area contributed by atoms with Crippen molar-refractivity contribution in [3.05, 3.63) is 77.9 Å². The molecule has 154 valence electrons. The first-order valence-corrected chi connectivity index (χ1v) is 9.72. The smallest absolute Gasteiger partial charge is 0.321 e.